The second kappa shape index (κ2) is 8.06. The molecular formula is C23H20FNO2. The van der Waals surface area contributed by atoms with E-state index in [0.717, 1.165) is 33.6 Å². The van der Waals surface area contributed by atoms with Crippen LogP contribution in [0.5, 0.6) is 5.75 Å². The number of fused-ring (bicyclic) bond motifs is 1. The Bertz CT molecular complexity index is 1010. The highest BCUT2D eigenvalue weighted by atomic mass is 19.1. The van der Waals surface area contributed by atoms with Crippen LogP contribution in [0.25, 0.3) is 11.0 Å². The van der Waals surface area contributed by atoms with Crippen LogP contribution in [-0.4, -0.2) is 0 Å². The number of para-hydroxylation sites is 1. The van der Waals surface area contributed by atoms with Gasteiger partial charge in [-0.15, -0.1) is 0 Å². The van der Waals surface area contributed by atoms with Gasteiger partial charge in [0.05, 0.1) is 6.54 Å². The summed E-state index contributed by atoms with van der Waals surface area (Å²) in [5.41, 5.74) is 2.83. The Morgan fingerprint density at radius 1 is 0.815 bits per heavy atom. The molecule has 0 radical (unpaired) electrons. The highest BCUT2D eigenvalue weighted by Crippen LogP contribution is 2.19. The summed E-state index contributed by atoms with van der Waals surface area (Å²) in [5.74, 6) is 1.43. The van der Waals surface area contributed by atoms with Crippen LogP contribution in [0, 0.1) is 5.82 Å². The van der Waals surface area contributed by atoms with E-state index in [-0.39, 0.29) is 5.82 Å². The average molecular weight is 361 g/mol. The van der Waals surface area contributed by atoms with Crippen LogP contribution >= 0.6 is 0 Å². The lowest BCUT2D eigenvalue weighted by atomic mass is 10.2. The molecule has 4 rings (SSSR count). The first-order chi connectivity index (χ1) is 13.3. The van der Waals surface area contributed by atoms with Crippen molar-refractivity contribution in [3.05, 3.63) is 102 Å². The third kappa shape index (κ3) is 4.54. The summed E-state index contributed by atoms with van der Waals surface area (Å²) < 4.78 is 24.8. The van der Waals surface area contributed by atoms with Gasteiger partial charge in [0.1, 0.15) is 29.5 Å². The maximum Gasteiger partial charge on any atom is 0.134 e. The van der Waals surface area contributed by atoms with Crippen molar-refractivity contribution in [3.8, 4) is 5.75 Å². The zero-order valence-corrected chi connectivity index (χ0v) is 14.8. The van der Waals surface area contributed by atoms with Crippen molar-refractivity contribution in [1.29, 1.82) is 0 Å². The number of benzene rings is 3. The van der Waals surface area contributed by atoms with Crippen LogP contribution in [0.3, 0.4) is 0 Å². The number of furan rings is 1. The molecular weight excluding hydrogens is 341 g/mol. The minimum absolute atomic E-state index is 0.250. The highest BCUT2D eigenvalue weighted by molar-refractivity contribution is 5.77. The number of hydrogen-bond acceptors (Lipinski definition) is 3. The van der Waals surface area contributed by atoms with Crippen LogP contribution in [0.2, 0.25) is 0 Å². The molecule has 0 atom stereocenters. The predicted molar refractivity (Wildman–Crippen MR) is 104 cm³/mol. The summed E-state index contributed by atoms with van der Waals surface area (Å²) >= 11 is 0. The van der Waals surface area contributed by atoms with Crippen molar-refractivity contribution in [2.45, 2.75) is 19.7 Å². The van der Waals surface area contributed by atoms with Gasteiger partial charge in [0.15, 0.2) is 0 Å². The number of hydrogen-bond donors (Lipinski definition) is 1. The third-order valence-corrected chi connectivity index (χ3v) is 4.30. The molecule has 3 aromatic carbocycles. The van der Waals surface area contributed by atoms with E-state index in [2.05, 4.69) is 11.4 Å². The molecule has 0 bridgehead atoms. The molecule has 3 nitrogen and oxygen atoms in total. The van der Waals surface area contributed by atoms with E-state index in [1.54, 1.807) is 6.07 Å². The molecule has 1 aromatic heterocycles. The van der Waals surface area contributed by atoms with Gasteiger partial charge in [0.2, 0.25) is 0 Å². The molecule has 0 spiro atoms. The van der Waals surface area contributed by atoms with Crippen molar-refractivity contribution >= 4 is 11.0 Å². The molecule has 0 fully saturated rings. The van der Waals surface area contributed by atoms with Crippen molar-refractivity contribution < 1.29 is 13.5 Å². The van der Waals surface area contributed by atoms with E-state index in [1.807, 2.05) is 54.6 Å². The van der Waals surface area contributed by atoms with Crippen molar-refractivity contribution in [2.24, 2.45) is 0 Å². The van der Waals surface area contributed by atoms with E-state index in [1.165, 1.54) is 12.1 Å². The Morgan fingerprint density at radius 2 is 1.67 bits per heavy atom. The Hall–Kier alpha value is -3.11. The van der Waals surface area contributed by atoms with Gasteiger partial charge in [-0.05, 0) is 47.5 Å². The average Bonchev–Trinajstić information content (AvgIpc) is 3.10. The highest BCUT2D eigenvalue weighted by Gasteiger charge is 2.03. The minimum Gasteiger partial charge on any atom is -0.489 e. The topological polar surface area (TPSA) is 34.4 Å². The van der Waals surface area contributed by atoms with Crippen LogP contribution in [0.15, 0.2) is 83.3 Å². The van der Waals surface area contributed by atoms with Crippen molar-refractivity contribution in [3.63, 3.8) is 0 Å². The van der Waals surface area contributed by atoms with Gasteiger partial charge in [0.25, 0.3) is 0 Å². The number of ether oxygens (including phenoxy) is 1. The molecule has 1 heterocycles. The zero-order valence-electron chi connectivity index (χ0n) is 14.8. The predicted octanol–water partition coefficient (Wildman–Crippen LogP) is 5.44. The lowest BCUT2D eigenvalue weighted by Crippen LogP contribution is -2.12. The Labute approximate surface area is 157 Å². The van der Waals surface area contributed by atoms with Crippen LogP contribution in [0.1, 0.15) is 16.9 Å². The molecule has 27 heavy (non-hydrogen) atoms. The second-order valence-corrected chi connectivity index (χ2v) is 6.42. The molecule has 0 unspecified atom stereocenters. The summed E-state index contributed by atoms with van der Waals surface area (Å²) in [4.78, 5) is 0. The summed E-state index contributed by atoms with van der Waals surface area (Å²) in [6.45, 7) is 1.70. The maximum atomic E-state index is 13.2. The van der Waals surface area contributed by atoms with Gasteiger partial charge in [0, 0.05) is 11.9 Å². The van der Waals surface area contributed by atoms with E-state index in [0.29, 0.717) is 19.7 Å². The lowest BCUT2D eigenvalue weighted by Gasteiger charge is -2.09. The standard InChI is InChI=1S/C23H20FNO2/c24-20-8-3-6-18(11-20)16-26-21-9-4-5-17(12-21)14-25-15-22-13-19-7-1-2-10-23(19)27-22/h1-13,25H,14-16H2. The second-order valence-electron chi connectivity index (χ2n) is 6.42. The van der Waals surface area contributed by atoms with Gasteiger partial charge >= 0.3 is 0 Å². The van der Waals surface area contributed by atoms with Gasteiger partial charge in [-0.25, -0.2) is 4.39 Å². The molecule has 0 amide bonds. The maximum absolute atomic E-state index is 13.2. The first kappa shape index (κ1) is 17.3. The van der Waals surface area contributed by atoms with Crippen LogP contribution < -0.4 is 10.1 Å². The Kier molecular flexibility index (Phi) is 5.17. The summed E-state index contributed by atoms with van der Waals surface area (Å²) in [5, 5.41) is 4.50. The largest absolute Gasteiger partial charge is 0.489 e. The molecule has 1 N–H and O–H groups in total. The quantitative estimate of drug-likeness (QED) is 0.476. The first-order valence-electron chi connectivity index (χ1n) is 8.91. The fraction of sp³-hybridized carbons (Fsp3) is 0.130. The smallest absolute Gasteiger partial charge is 0.134 e. The molecule has 4 heteroatoms. The van der Waals surface area contributed by atoms with Gasteiger partial charge in [-0.1, -0.05) is 42.5 Å². The first-order valence-corrected chi connectivity index (χ1v) is 8.91. The van der Waals surface area contributed by atoms with Crippen molar-refractivity contribution in [1.82, 2.24) is 5.32 Å². The monoisotopic (exact) mass is 361 g/mol. The van der Waals surface area contributed by atoms with Gasteiger partial charge in [-0.2, -0.15) is 0 Å². The fourth-order valence-electron chi connectivity index (χ4n) is 2.99. The third-order valence-electron chi connectivity index (χ3n) is 4.30. The SMILES string of the molecule is Fc1cccc(COc2cccc(CNCc3cc4ccccc4o3)c2)c1. The summed E-state index contributed by atoms with van der Waals surface area (Å²) in [6, 6.07) is 24.4. The van der Waals surface area contributed by atoms with Gasteiger partial charge in [-0.3, -0.25) is 0 Å². The summed E-state index contributed by atoms with van der Waals surface area (Å²) in [6.07, 6.45) is 0. The molecule has 136 valence electrons. The number of nitrogens with one attached hydrogen (secondary N) is 1. The molecule has 0 saturated carbocycles. The minimum atomic E-state index is -0.250. The fourth-order valence-corrected chi connectivity index (χ4v) is 2.99. The van der Waals surface area contributed by atoms with E-state index < -0.39 is 0 Å². The normalized spacial score (nSPS) is 11.0. The van der Waals surface area contributed by atoms with E-state index in [9.17, 15) is 4.39 Å². The van der Waals surface area contributed by atoms with Crippen LogP contribution in [-0.2, 0) is 19.7 Å². The molecule has 4 aromatic rings. The van der Waals surface area contributed by atoms with E-state index >= 15 is 0 Å². The number of rotatable bonds is 7. The van der Waals surface area contributed by atoms with Crippen molar-refractivity contribution in [2.75, 3.05) is 0 Å². The van der Waals surface area contributed by atoms with Gasteiger partial charge < -0.3 is 14.5 Å². The number of halogens is 1. The summed E-state index contributed by atoms with van der Waals surface area (Å²) in [7, 11) is 0. The Morgan fingerprint density at radius 3 is 2.56 bits per heavy atom. The molecule has 0 saturated heterocycles. The zero-order chi connectivity index (χ0) is 18.5. The van der Waals surface area contributed by atoms with Crippen LogP contribution in [0.4, 0.5) is 4.39 Å². The van der Waals surface area contributed by atoms with E-state index in [4.69, 9.17) is 9.15 Å². The lowest BCUT2D eigenvalue weighted by molar-refractivity contribution is 0.305. The molecule has 0 aliphatic heterocycles. The molecule has 0 aliphatic carbocycles. The Balaban J connectivity index is 1.32. The molecule has 0 aliphatic rings.